The number of rotatable bonds is 10. The number of hydrogen-bond donors (Lipinski definition) is 2. The van der Waals surface area contributed by atoms with E-state index >= 15 is 0 Å². The number of guanidine groups is 1. The Morgan fingerprint density at radius 2 is 1.77 bits per heavy atom. The first-order valence-electron chi connectivity index (χ1n) is 11.9. The predicted molar refractivity (Wildman–Crippen MR) is 131 cm³/mol. The van der Waals surface area contributed by atoms with Crippen LogP contribution in [0.25, 0.3) is 0 Å². The van der Waals surface area contributed by atoms with Gasteiger partial charge in [-0.25, -0.2) is 0 Å². The molecule has 0 aromatic heterocycles. The maximum absolute atomic E-state index is 12.7. The molecule has 4 aliphatic rings. The van der Waals surface area contributed by atoms with Crippen LogP contribution in [0.15, 0.2) is 17.1 Å². The Labute approximate surface area is 202 Å². The molecule has 7 nitrogen and oxygen atoms in total. The highest BCUT2D eigenvalue weighted by Gasteiger charge is 2.58. The van der Waals surface area contributed by atoms with Crippen molar-refractivity contribution in [3.63, 3.8) is 0 Å². The van der Waals surface area contributed by atoms with Crippen LogP contribution < -0.4 is 10.6 Å². The third-order valence-electron chi connectivity index (χ3n) is 6.98. The number of fused-ring (bicyclic) bond motifs is 5. The van der Waals surface area contributed by atoms with E-state index in [1.54, 1.807) is 0 Å². The minimum Gasteiger partial charge on any atom is -0.378 e. The fourth-order valence-electron chi connectivity index (χ4n) is 5.53. The van der Waals surface area contributed by atoms with Crippen molar-refractivity contribution in [2.45, 2.75) is 58.0 Å². The minimum atomic E-state index is -0.0959. The number of halogens is 1. The maximum atomic E-state index is 12.7. The van der Waals surface area contributed by atoms with Crippen molar-refractivity contribution in [1.82, 2.24) is 15.5 Å². The molecule has 0 aromatic rings. The topological polar surface area (TPSA) is 83.0 Å². The summed E-state index contributed by atoms with van der Waals surface area (Å²) in [5.74, 6) is 1.24. The maximum Gasteiger partial charge on any atom is 0.233 e. The van der Waals surface area contributed by atoms with Gasteiger partial charge < -0.3 is 15.4 Å². The first-order valence-corrected chi connectivity index (χ1v) is 11.9. The van der Waals surface area contributed by atoms with Crippen molar-refractivity contribution in [2.24, 2.45) is 28.7 Å². The van der Waals surface area contributed by atoms with Gasteiger partial charge in [0.05, 0.1) is 17.9 Å². The molecule has 4 unspecified atom stereocenters. The van der Waals surface area contributed by atoms with Gasteiger partial charge in [-0.2, -0.15) is 0 Å². The van der Waals surface area contributed by atoms with Crippen LogP contribution in [-0.2, 0) is 14.3 Å². The molecule has 8 heteroatoms. The number of amides is 2. The fourth-order valence-corrected chi connectivity index (χ4v) is 5.53. The van der Waals surface area contributed by atoms with Crippen LogP contribution in [0.2, 0.25) is 0 Å². The SMILES string of the molecule is CCNC(=NCCCN1C(=O)C2C3C=CC(C3)C2C1=O)NCCCOC1CCCC1.I. The molecule has 1 aliphatic heterocycles. The van der Waals surface area contributed by atoms with Gasteiger partial charge in [-0.1, -0.05) is 25.0 Å². The van der Waals surface area contributed by atoms with E-state index in [1.165, 1.54) is 30.6 Å². The molecule has 2 N–H and O–H groups in total. The van der Waals surface area contributed by atoms with Crippen LogP contribution in [0.1, 0.15) is 51.9 Å². The molecular weight excluding hydrogens is 507 g/mol. The fraction of sp³-hybridized carbons (Fsp3) is 0.783. The number of nitrogens with one attached hydrogen (secondary N) is 2. The Kier molecular flexibility index (Phi) is 9.18. The molecule has 4 atom stereocenters. The second-order valence-electron chi connectivity index (χ2n) is 9.00. The molecule has 0 spiro atoms. The summed E-state index contributed by atoms with van der Waals surface area (Å²) in [4.78, 5) is 31.5. The standard InChI is InChI=1S/C23H36N4O3.HI/c1-2-24-23(26-12-6-14-30-18-7-3-4-8-18)25-11-5-13-27-21(28)19-16-9-10-17(15-16)20(19)22(27)29;/h9-10,16-20H,2-8,11-15H2,1H3,(H2,24,25,26);1H. The smallest absolute Gasteiger partial charge is 0.233 e. The Hall–Kier alpha value is -1.16. The lowest BCUT2D eigenvalue weighted by atomic mass is 9.85. The molecule has 2 bridgehead atoms. The third-order valence-corrected chi connectivity index (χ3v) is 6.98. The first kappa shape index (κ1) is 24.5. The minimum absolute atomic E-state index is 0. The Balaban J connectivity index is 0.00000272. The number of carbonyl (C=O) groups is 2. The van der Waals surface area contributed by atoms with Gasteiger partial charge in [0.1, 0.15) is 0 Å². The summed E-state index contributed by atoms with van der Waals surface area (Å²) in [7, 11) is 0. The molecule has 3 fully saturated rings. The summed E-state index contributed by atoms with van der Waals surface area (Å²) in [6.07, 6.45) is 12.4. The molecular formula is C23H37IN4O3. The van der Waals surface area contributed by atoms with Gasteiger partial charge in [-0.15, -0.1) is 24.0 Å². The van der Waals surface area contributed by atoms with Crippen LogP contribution in [0.3, 0.4) is 0 Å². The van der Waals surface area contributed by atoms with E-state index in [4.69, 9.17) is 4.74 Å². The lowest BCUT2D eigenvalue weighted by Gasteiger charge is -2.17. The van der Waals surface area contributed by atoms with E-state index in [9.17, 15) is 9.59 Å². The second kappa shape index (κ2) is 11.6. The molecule has 2 amide bonds. The van der Waals surface area contributed by atoms with E-state index in [1.807, 2.05) is 6.92 Å². The summed E-state index contributed by atoms with van der Waals surface area (Å²) in [6, 6.07) is 0. The molecule has 174 valence electrons. The van der Waals surface area contributed by atoms with E-state index in [0.29, 0.717) is 25.6 Å². The highest BCUT2D eigenvalue weighted by atomic mass is 127. The number of hydrogen-bond acceptors (Lipinski definition) is 4. The third kappa shape index (κ3) is 5.61. The number of ether oxygens (including phenoxy) is 1. The summed E-state index contributed by atoms with van der Waals surface area (Å²) in [5, 5.41) is 6.60. The predicted octanol–water partition coefficient (Wildman–Crippen LogP) is 2.71. The van der Waals surface area contributed by atoms with Crippen LogP contribution in [0.4, 0.5) is 0 Å². The van der Waals surface area contributed by atoms with Gasteiger partial charge in [-0.3, -0.25) is 19.5 Å². The number of allylic oxidation sites excluding steroid dienone is 2. The number of nitrogens with zero attached hydrogens (tertiary/aromatic N) is 2. The lowest BCUT2D eigenvalue weighted by molar-refractivity contribution is -0.140. The largest absolute Gasteiger partial charge is 0.378 e. The van der Waals surface area contributed by atoms with Crippen molar-refractivity contribution in [1.29, 1.82) is 0 Å². The molecule has 4 rings (SSSR count). The van der Waals surface area contributed by atoms with E-state index in [2.05, 4.69) is 27.8 Å². The van der Waals surface area contributed by atoms with Crippen molar-refractivity contribution < 1.29 is 14.3 Å². The number of aliphatic imine (C=N–C) groups is 1. The second-order valence-corrected chi connectivity index (χ2v) is 9.00. The quantitative estimate of drug-likeness (QED) is 0.110. The summed E-state index contributed by atoms with van der Waals surface area (Å²) in [5.41, 5.74) is 0. The van der Waals surface area contributed by atoms with Gasteiger partial charge in [-0.05, 0) is 50.9 Å². The van der Waals surface area contributed by atoms with Crippen molar-refractivity contribution in [3.8, 4) is 0 Å². The number of imide groups is 1. The van der Waals surface area contributed by atoms with Gasteiger partial charge >= 0.3 is 0 Å². The van der Waals surface area contributed by atoms with E-state index in [0.717, 1.165) is 38.5 Å². The molecule has 0 radical (unpaired) electrons. The van der Waals surface area contributed by atoms with Crippen molar-refractivity contribution in [3.05, 3.63) is 12.2 Å². The van der Waals surface area contributed by atoms with Crippen LogP contribution in [0.5, 0.6) is 0 Å². The molecule has 31 heavy (non-hydrogen) atoms. The summed E-state index contributed by atoms with van der Waals surface area (Å²) < 4.78 is 5.90. The molecule has 2 saturated carbocycles. The summed E-state index contributed by atoms with van der Waals surface area (Å²) in [6.45, 7) is 5.51. The normalized spacial score (nSPS) is 29.6. The number of likely N-dealkylation sites (tertiary alicyclic amines) is 1. The van der Waals surface area contributed by atoms with Gasteiger partial charge in [0.2, 0.25) is 11.8 Å². The highest BCUT2D eigenvalue weighted by molar-refractivity contribution is 14.0. The Bertz CT molecular complexity index is 662. The van der Waals surface area contributed by atoms with Crippen LogP contribution >= 0.6 is 24.0 Å². The highest BCUT2D eigenvalue weighted by Crippen LogP contribution is 2.52. The van der Waals surface area contributed by atoms with Crippen LogP contribution in [-0.4, -0.2) is 61.6 Å². The molecule has 1 heterocycles. The summed E-state index contributed by atoms with van der Waals surface area (Å²) >= 11 is 0. The zero-order chi connectivity index (χ0) is 20.9. The van der Waals surface area contributed by atoms with E-state index < -0.39 is 0 Å². The van der Waals surface area contributed by atoms with Crippen LogP contribution in [0, 0.1) is 23.7 Å². The average molecular weight is 544 g/mol. The lowest BCUT2D eigenvalue weighted by Crippen LogP contribution is -2.38. The van der Waals surface area contributed by atoms with Crippen molar-refractivity contribution in [2.75, 3.05) is 32.8 Å². The molecule has 3 aliphatic carbocycles. The Morgan fingerprint density at radius 1 is 1.10 bits per heavy atom. The Morgan fingerprint density at radius 3 is 2.42 bits per heavy atom. The zero-order valence-corrected chi connectivity index (χ0v) is 20.9. The molecule has 0 aromatic carbocycles. The van der Waals surface area contributed by atoms with Gasteiger partial charge in [0, 0.05) is 32.8 Å². The first-order chi connectivity index (χ1) is 14.7. The average Bonchev–Trinajstić information content (AvgIpc) is 3.52. The molecule has 1 saturated heterocycles. The van der Waals surface area contributed by atoms with Crippen molar-refractivity contribution >= 4 is 41.8 Å². The monoisotopic (exact) mass is 544 g/mol. The van der Waals surface area contributed by atoms with Gasteiger partial charge in [0.25, 0.3) is 0 Å². The number of carbonyl (C=O) groups excluding carboxylic acids is 2. The van der Waals surface area contributed by atoms with E-state index in [-0.39, 0.29) is 59.5 Å². The zero-order valence-electron chi connectivity index (χ0n) is 18.6. The van der Waals surface area contributed by atoms with Gasteiger partial charge in [0.15, 0.2) is 5.96 Å².